The van der Waals surface area contributed by atoms with Crippen LogP contribution in [0.4, 0.5) is 0 Å². The Morgan fingerprint density at radius 1 is 0.594 bits per heavy atom. The molecule has 0 unspecified atom stereocenters. The molecule has 0 N–H and O–H groups in total. The lowest BCUT2D eigenvalue weighted by atomic mass is 10.0. The number of thiophene rings is 2. The summed E-state index contributed by atoms with van der Waals surface area (Å²) < 4.78 is 21.6. The normalized spacial score (nSPS) is 10.6. The quantitative estimate of drug-likeness (QED) is 0.281. The third-order valence-electron chi connectivity index (χ3n) is 5.13. The van der Waals surface area contributed by atoms with Gasteiger partial charge in [-0.05, 0) is 58.3 Å². The minimum atomic E-state index is -0.00966. The van der Waals surface area contributed by atoms with Crippen LogP contribution in [0.15, 0.2) is 59.3 Å². The molecule has 0 bridgehead atoms. The van der Waals surface area contributed by atoms with E-state index in [0.29, 0.717) is 32.8 Å². The zero-order valence-electron chi connectivity index (χ0n) is 18.1. The molecule has 0 aliphatic rings. The minimum Gasteiger partial charge on any atom is -0.493 e. The van der Waals surface area contributed by atoms with Crippen molar-refractivity contribution in [2.75, 3.05) is 28.4 Å². The number of carbonyl (C=O) groups excluding carboxylic acids is 1. The van der Waals surface area contributed by atoms with Gasteiger partial charge in [-0.1, -0.05) is 12.1 Å². The van der Waals surface area contributed by atoms with Gasteiger partial charge in [-0.15, -0.1) is 22.7 Å². The average Bonchev–Trinajstić information content (AvgIpc) is 3.53. The molecule has 0 aliphatic carbocycles. The van der Waals surface area contributed by atoms with Crippen LogP contribution in [0.3, 0.4) is 0 Å². The second-order valence-corrected chi connectivity index (χ2v) is 8.63. The van der Waals surface area contributed by atoms with E-state index in [2.05, 4.69) is 0 Å². The van der Waals surface area contributed by atoms with E-state index in [-0.39, 0.29) is 5.78 Å². The molecular weight excluding hydrogens is 444 g/mol. The lowest BCUT2D eigenvalue weighted by Crippen LogP contribution is -2.00. The van der Waals surface area contributed by atoms with Crippen LogP contribution in [-0.2, 0) is 0 Å². The van der Waals surface area contributed by atoms with Crippen LogP contribution in [0.2, 0.25) is 0 Å². The van der Waals surface area contributed by atoms with E-state index >= 15 is 0 Å². The van der Waals surface area contributed by atoms with E-state index in [9.17, 15) is 4.79 Å². The first kappa shape index (κ1) is 21.9. The molecule has 0 radical (unpaired) electrons. The van der Waals surface area contributed by atoms with Crippen molar-refractivity contribution < 1.29 is 23.7 Å². The highest BCUT2D eigenvalue weighted by Gasteiger charge is 2.22. The lowest BCUT2D eigenvalue weighted by molar-refractivity contribution is 0.104. The van der Waals surface area contributed by atoms with Crippen LogP contribution in [0.1, 0.15) is 14.5 Å². The fourth-order valence-electron chi connectivity index (χ4n) is 3.54. The summed E-state index contributed by atoms with van der Waals surface area (Å²) in [6.07, 6.45) is 0. The number of benzene rings is 2. The van der Waals surface area contributed by atoms with E-state index in [4.69, 9.17) is 18.9 Å². The van der Waals surface area contributed by atoms with Crippen molar-refractivity contribution in [3.63, 3.8) is 0 Å². The molecule has 0 aliphatic heterocycles. The Morgan fingerprint density at radius 2 is 1.00 bits per heavy atom. The number of hydrogen-bond acceptors (Lipinski definition) is 7. The van der Waals surface area contributed by atoms with E-state index in [1.165, 1.54) is 22.7 Å². The first-order valence-corrected chi connectivity index (χ1v) is 11.5. The highest BCUT2D eigenvalue weighted by Crippen LogP contribution is 2.40. The summed E-state index contributed by atoms with van der Waals surface area (Å²) in [6.45, 7) is 0. The molecule has 5 nitrogen and oxygen atoms in total. The predicted octanol–water partition coefficient (Wildman–Crippen LogP) is 6.41. The van der Waals surface area contributed by atoms with Crippen LogP contribution in [-0.4, -0.2) is 34.2 Å². The second kappa shape index (κ2) is 9.46. The van der Waals surface area contributed by atoms with Crippen LogP contribution < -0.4 is 18.9 Å². The summed E-state index contributed by atoms with van der Waals surface area (Å²) >= 11 is 2.86. The van der Waals surface area contributed by atoms with Gasteiger partial charge in [0.05, 0.1) is 38.2 Å². The average molecular weight is 467 g/mol. The van der Waals surface area contributed by atoms with Gasteiger partial charge < -0.3 is 18.9 Å². The summed E-state index contributed by atoms with van der Waals surface area (Å²) in [6, 6.07) is 15.3. The molecule has 0 atom stereocenters. The molecule has 0 spiro atoms. The largest absolute Gasteiger partial charge is 0.493 e. The van der Waals surface area contributed by atoms with E-state index in [0.717, 1.165) is 22.3 Å². The third-order valence-corrected chi connectivity index (χ3v) is 6.96. The van der Waals surface area contributed by atoms with Crippen molar-refractivity contribution in [1.29, 1.82) is 0 Å². The number of rotatable bonds is 8. The van der Waals surface area contributed by atoms with Crippen molar-refractivity contribution in [1.82, 2.24) is 0 Å². The third kappa shape index (κ3) is 3.97. The molecule has 7 heteroatoms. The zero-order chi connectivity index (χ0) is 22.7. The summed E-state index contributed by atoms with van der Waals surface area (Å²) in [4.78, 5) is 15.0. The maximum absolute atomic E-state index is 13.6. The van der Waals surface area contributed by atoms with E-state index < -0.39 is 0 Å². The van der Waals surface area contributed by atoms with Crippen molar-refractivity contribution in [3.8, 4) is 45.3 Å². The maximum Gasteiger partial charge on any atom is 0.214 e. The van der Waals surface area contributed by atoms with Crippen LogP contribution >= 0.6 is 22.7 Å². The van der Waals surface area contributed by atoms with Gasteiger partial charge in [-0.3, -0.25) is 4.79 Å². The van der Waals surface area contributed by atoms with Gasteiger partial charge in [0.15, 0.2) is 23.0 Å². The maximum atomic E-state index is 13.6. The summed E-state index contributed by atoms with van der Waals surface area (Å²) in [5, 5.41) is 3.87. The summed E-state index contributed by atoms with van der Waals surface area (Å²) in [5.41, 5.74) is 3.54. The standard InChI is InChI=1S/C25H22O5S2/c1-27-19-7-5-15(13-21(19)29-3)17-9-11-31-24(17)23(26)25-18(10-12-32-25)16-6-8-20(28-2)22(14-16)30-4/h5-14H,1-4H3. The molecule has 2 aromatic carbocycles. The van der Waals surface area contributed by atoms with Gasteiger partial charge in [-0.25, -0.2) is 0 Å². The highest BCUT2D eigenvalue weighted by molar-refractivity contribution is 7.16. The fourth-order valence-corrected chi connectivity index (χ4v) is 5.32. The number of carbonyl (C=O) groups is 1. The number of hydrogen-bond donors (Lipinski definition) is 0. The first-order chi connectivity index (χ1) is 15.6. The van der Waals surface area contributed by atoms with Gasteiger partial charge in [0.1, 0.15) is 0 Å². The Labute approximate surface area is 194 Å². The number of ketones is 1. The Morgan fingerprint density at radius 3 is 1.38 bits per heavy atom. The number of ether oxygens (including phenoxy) is 4. The van der Waals surface area contributed by atoms with Gasteiger partial charge >= 0.3 is 0 Å². The molecule has 0 fully saturated rings. The summed E-state index contributed by atoms with van der Waals surface area (Å²) in [7, 11) is 6.40. The van der Waals surface area contributed by atoms with Crippen molar-refractivity contribution >= 4 is 28.5 Å². The Balaban J connectivity index is 1.74. The van der Waals surface area contributed by atoms with Crippen LogP contribution in [0.5, 0.6) is 23.0 Å². The molecule has 32 heavy (non-hydrogen) atoms. The smallest absolute Gasteiger partial charge is 0.214 e. The Bertz CT molecular complexity index is 1160. The van der Waals surface area contributed by atoms with Gasteiger partial charge in [0.2, 0.25) is 5.78 Å². The molecule has 0 saturated carbocycles. The number of methoxy groups -OCH3 is 4. The first-order valence-electron chi connectivity index (χ1n) is 9.75. The van der Waals surface area contributed by atoms with Crippen molar-refractivity contribution in [2.24, 2.45) is 0 Å². The highest BCUT2D eigenvalue weighted by atomic mass is 32.1. The van der Waals surface area contributed by atoms with Gasteiger partial charge in [-0.2, -0.15) is 0 Å². The van der Waals surface area contributed by atoms with Gasteiger partial charge in [0.25, 0.3) is 0 Å². The van der Waals surface area contributed by atoms with Crippen molar-refractivity contribution in [3.05, 3.63) is 69.0 Å². The molecule has 0 amide bonds. The molecule has 4 rings (SSSR count). The molecule has 4 aromatic rings. The van der Waals surface area contributed by atoms with Crippen LogP contribution in [0, 0.1) is 0 Å². The fraction of sp³-hybridized carbons (Fsp3) is 0.160. The Kier molecular flexibility index (Phi) is 6.48. The SMILES string of the molecule is COc1ccc(-c2ccsc2C(=O)c2sccc2-c2ccc(OC)c(OC)c2)cc1OC. The summed E-state index contributed by atoms with van der Waals surface area (Å²) in [5.74, 6) is 2.53. The van der Waals surface area contributed by atoms with E-state index in [1.54, 1.807) is 28.4 Å². The molecule has 2 aromatic heterocycles. The topological polar surface area (TPSA) is 54.0 Å². The molecule has 2 heterocycles. The minimum absolute atomic E-state index is 0.00966. The van der Waals surface area contributed by atoms with Crippen LogP contribution in [0.25, 0.3) is 22.3 Å². The molecule has 0 saturated heterocycles. The monoisotopic (exact) mass is 466 g/mol. The van der Waals surface area contributed by atoms with E-state index in [1.807, 2.05) is 59.3 Å². The molecular formula is C25H22O5S2. The lowest BCUT2D eigenvalue weighted by Gasteiger charge is -2.11. The van der Waals surface area contributed by atoms with Gasteiger partial charge in [0, 0.05) is 11.1 Å². The second-order valence-electron chi connectivity index (χ2n) is 6.80. The predicted molar refractivity (Wildman–Crippen MR) is 129 cm³/mol. The van der Waals surface area contributed by atoms with Crippen molar-refractivity contribution in [2.45, 2.75) is 0 Å². The molecule has 164 valence electrons. The zero-order valence-corrected chi connectivity index (χ0v) is 19.8. The Hall–Kier alpha value is -3.29.